The highest BCUT2D eigenvalue weighted by Crippen LogP contribution is 2.37. The molecule has 3 atom stereocenters. The van der Waals surface area contributed by atoms with E-state index in [0.717, 1.165) is 17.9 Å². The van der Waals surface area contributed by atoms with Crippen molar-refractivity contribution < 1.29 is 9.52 Å². The highest BCUT2D eigenvalue weighted by molar-refractivity contribution is 6.05. The number of hydrogen-bond donors (Lipinski definition) is 4. The third kappa shape index (κ3) is 3.73. The van der Waals surface area contributed by atoms with Crippen LogP contribution in [0.2, 0.25) is 0 Å². The van der Waals surface area contributed by atoms with Gasteiger partial charge < -0.3 is 14.8 Å². The summed E-state index contributed by atoms with van der Waals surface area (Å²) in [4.78, 5) is 17.4. The van der Waals surface area contributed by atoms with Crippen molar-refractivity contribution >= 4 is 17.1 Å². The van der Waals surface area contributed by atoms with E-state index in [-0.39, 0.29) is 29.3 Å². The molecular formula is C24H24N4O3. The summed E-state index contributed by atoms with van der Waals surface area (Å²) >= 11 is 0. The van der Waals surface area contributed by atoms with Gasteiger partial charge in [0, 0.05) is 31.0 Å². The van der Waals surface area contributed by atoms with E-state index in [0.29, 0.717) is 17.9 Å². The van der Waals surface area contributed by atoms with Crippen LogP contribution in [0.4, 0.5) is 11.4 Å². The molecule has 158 valence electrons. The number of anilines is 1. The van der Waals surface area contributed by atoms with Crippen LogP contribution in [0.1, 0.15) is 29.3 Å². The molecule has 0 radical (unpaired) electrons. The molecule has 3 heterocycles. The molecule has 0 amide bonds. The number of aliphatic imine (C=N–C) groups is 1. The molecule has 2 aromatic carbocycles. The average Bonchev–Trinajstić information content (AvgIpc) is 3.16. The van der Waals surface area contributed by atoms with Gasteiger partial charge in [-0.05, 0) is 24.6 Å². The molecule has 1 fully saturated rings. The minimum atomic E-state index is -0.573. The van der Waals surface area contributed by atoms with Gasteiger partial charge in [-0.1, -0.05) is 42.5 Å². The predicted molar refractivity (Wildman–Crippen MR) is 120 cm³/mol. The van der Waals surface area contributed by atoms with Crippen LogP contribution in [0.25, 0.3) is 0 Å². The maximum Gasteiger partial charge on any atom is 0.348 e. The lowest BCUT2D eigenvalue weighted by Gasteiger charge is -2.29. The molecule has 1 saturated heterocycles. The van der Waals surface area contributed by atoms with Crippen molar-refractivity contribution in [1.29, 1.82) is 0 Å². The second-order valence-electron chi connectivity index (χ2n) is 8.01. The molecule has 2 aliphatic rings. The number of hydrazine groups is 1. The Kier molecular flexibility index (Phi) is 5.05. The van der Waals surface area contributed by atoms with Crippen LogP contribution in [0.15, 0.2) is 74.9 Å². The fourth-order valence-electron chi connectivity index (χ4n) is 4.50. The number of aromatic hydroxyl groups is 1. The second-order valence-corrected chi connectivity index (χ2v) is 8.01. The van der Waals surface area contributed by atoms with Crippen LogP contribution >= 0.6 is 0 Å². The summed E-state index contributed by atoms with van der Waals surface area (Å²) in [6.07, 6.45) is 0.466. The third-order valence-corrected chi connectivity index (χ3v) is 5.96. The second kappa shape index (κ2) is 8.02. The fourth-order valence-corrected chi connectivity index (χ4v) is 4.50. The Hall–Kier alpha value is -3.42. The normalized spacial score (nSPS) is 22.9. The van der Waals surface area contributed by atoms with Crippen molar-refractivity contribution in [2.75, 3.05) is 11.9 Å². The van der Waals surface area contributed by atoms with Gasteiger partial charge in [0.05, 0.1) is 23.1 Å². The quantitative estimate of drug-likeness (QED) is 0.522. The van der Waals surface area contributed by atoms with Gasteiger partial charge in [0.15, 0.2) is 0 Å². The van der Waals surface area contributed by atoms with Gasteiger partial charge in [-0.15, -0.1) is 0 Å². The molecule has 0 saturated carbocycles. The summed E-state index contributed by atoms with van der Waals surface area (Å²) in [5.41, 5.74) is 9.57. The molecule has 0 aliphatic carbocycles. The number of nitrogens with zero attached hydrogens (tertiary/aromatic N) is 1. The molecule has 31 heavy (non-hydrogen) atoms. The van der Waals surface area contributed by atoms with Crippen LogP contribution < -0.4 is 21.8 Å². The van der Waals surface area contributed by atoms with Crippen molar-refractivity contribution in [1.82, 2.24) is 10.9 Å². The largest absolute Gasteiger partial charge is 0.507 e. The van der Waals surface area contributed by atoms with Gasteiger partial charge in [-0.2, -0.15) is 0 Å². The van der Waals surface area contributed by atoms with Crippen molar-refractivity contribution in [3.8, 4) is 5.75 Å². The van der Waals surface area contributed by atoms with Crippen molar-refractivity contribution in [3.63, 3.8) is 0 Å². The van der Waals surface area contributed by atoms with Crippen molar-refractivity contribution in [2.45, 2.75) is 25.4 Å². The Balaban J connectivity index is 1.58. The fraction of sp³-hybridized carbons (Fsp3) is 0.250. The predicted octanol–water partition coefficient (Wildman–Crippen LogP) is 3.42. The lowest BCUT2D eigenvalue weighted by molar-refractivity contribution is 0.417. The number of fused-ring (bicyclic) bond motifs is 1. The molecule has 7 heteroatoms. The zero-order valence-corrected chi connectivity index (χ0v) is 17.1. The molecule has 5 rings (SSSR count). The molecule has 3 aromatic rings. The van der Waals surface area contributed by atoms with E-state index in [1.54, 1.807) is 6.92 Å². The highest BCUT2D eigenvalue weighted by atomic mass is 16.4. The number of aryl methyl sites for hydroxylation is 1. The van der Waals surface area contributed by atoms with Gasteiger partial charge in [0.1, 0.15) is 17.1 Å². The van der Waals surface area contributed by atoms with E-state index >= 15 is 0 Å². The summed E-state index contributed by atoms with van der Waals surface area (Å²) in [5.74, 6) is 0.440. The van der Waals surface area contributed by atoms with E-state index in [2.05, 4.69) is 28.3 Å². The van der Waals surface area contributed by atoms with Crippen LogP contribution in [0.5, 0.6) is 5.75 Å². The number of benzene rings is 2. The highest BCUT2D eigenvalue weighted by Gasteiger charge is 2.37. The van der Waals surface area contributed by atoms with Crippen molar-refractivity contribution in [2.24, 2.45) is 10.9 Å². The lowest BCUT2D eigenvalue weighted by Crippen LogP contribution is -2.36. The number of hydrogen-bond acceptors (Lipinski definition) is 7. The smallest absolute Gasteiger partial charge is 0.348 e. The number of rotatable bonds is 3. The first kappa shape index (κ1) is 19.5. The van der Waals surface area contributed by atoms with Crippen LogP contribution in [-0.2, 0) is 0 Å². The summed E-state index contributed by atoms with van der Waals surface area (Å²) in [6.45, 7) is 2.39. The molecule has 4 N–H and O–H groups in total. The zero-order chi connectivity index (χ0) is 21.4. The van der Waals surface area contributed by atoms with E-state index < -0.39 is 5.63 Å². The Morgan fingerprint density at radius 3 is 2.68 bits per heavy atom. The Morgan fingerprint density at radius 1 is 1.10 bits per heavy atom. The molecule has 7 nitrogen and oxygen atoms in total. The summed E-state index contributed by atoms with van der Waals surface area (Å²) in [6, 6.07) is 19.6. The summed E-state index contributed by atoms with van der Waals surface area (Å²) < 4.78 is 5.28. The molecule has 1 aromatic heterocycles. The van der Waals surface area contributed by atoms with E-state index in [9.17, 15) is 9.90 Å². The van der Waals surface area contributed by atoms with Gasteiger partial charge in [-0.3, -0.25) is 10.4 Å². The van der Waals surface area contributed by atoms with Gasteiger partial charge in [0.2, 0.25) is 0 Å². The van der Waals surface area contributed by atoms with E-state index in [1.165, 1.54) is 11.6 Å². The standard InChI is InChI=1S/C24H24N4O3/c1-14-11-21(29)22(24(30)31-14)20-12-19(26-17-9-5-6-10-18(17)27-20)16-13-25-28-23(16)15-7-3-2-4-8-15/h2-11,16,19,23,25-26,28-29H,12-13H2,1H3. The Labute approximate surface area is 179 Å². The first-order chi connectivity index (χ1) is 15.1. The van der Waals surface area contributed by atoms with Gasteiger partial charge in [-0.25, -0.2) is 10.2 Å². The maximum atomic E-state index is 12.6. The first-order valence-electron chi connectivity index (χ1n) is 10.4. The summed E-state index contributed by atoms with van der Waals surface area (Å²) in [7, 11) is 0. The van der Waals surface area contributed by atoms with Crippen LogP contribution in [-0.4, -0.2) is 23.4 Å². The minimum Gasteiger partial charge on any atom is -0.507 e. The van der Waals surface area contributed by atoms with Crippen LogP contribution in [0, 0.1) is 12.8 Å². The summed E-state index contributed by atoms with van der Waals surface area (Å²) in [5, 5.41) is 14.2. The average molecular weight is 416 g/mol. The SMILES string of the molecule is Cc1cc(O)c(C2=Nc3ccccc3NC(C3CNNC3c3ccccc3)C2)c(=O)o1. The number of para-hydroxylation sites is 2. The topological polar surface area (TPSA) is 98.9 Å². The molecule has 3 unspecified atom stereocenters. The van der Waals surface area contributed by atoms with Gasteiger partial charge >= 0.3 is 5.63 Å². The van der Waals surface area contributed by atoms with Crippen molar-refractivity contribution in [3.05, 3.63) is 88.0 Å². The van der Waals surface area contributed by atoms with E-state index in [1.807, 2.05) is 42.5 Å². The lowest BCUT2D eigenvalue weighted by atomic mass is 9.85. The zero-order valence-electron chi connectivity index (χ0n) is 17.1. The molecule has 2 aliphatic heterocycles. The monoisotopic (exact) mass is 416 g/mol. The van der Waals surface area contributed by atoms with Gasteiger partial charge in [0.25, 0.3) is 0 Å². The Morgan fingerprint density at radius 2 is 1.87 bits per heavy atom. The number of nitrogens with one attached hydrogen (secondary N) is 3. The molecule has 0 bridgehead atoms. The maximum absolute atomic E-state index is 12.6. The first-order valence-corrected chi connectivity index (χ1v) is 10.4. The molecular weight excluding hydrogens is 392 g/mol. The molecule has 0 spiro atoms. The third-order valence-electron chi connectivity index (χ3n) is 5.96. The van der Waals surface area contributed by atoms with Crippen LogP contribution in [0.3, 0.4) is 0 Å². The van der Waals surface area contributed by atoms with E-state index in [4.69, 9.17) is 9.41 Å². The minimum absolute atomic E-state index is 0.0322. The Bertz CT molecular complexity index is 1190.